The van der Waals surface area contributed by atoms with E-state index in [1.165, 1.54) is 18.2 Å². The number of carboxylic acids is 1. The monoisotopic (exact) mass is 310 g/mol. The van der Waals surface area contributed by atoms with E-state index >= 15 is 0 Å². The van der Waals surface area contributed by atoms with Crippen LogP contribution in [0.15, 0.2) is 18.2 Å². The molecule has 3 unspecified atom stereocenters. The van der Waals surface area contributed by atoms with Crippen molar-refractivity contribution in [2.45, 2.75) is 25.3 Å². The summed E-state index contributed by atoms with van der Waals surface area (Å²) in [6.07, 6.45) is 2.89. The second kappa shape index (κ2) is 5.18. The van der Waals surface area contributed by atoms with Gasteiger partial charge in [-0.15, -0.1) is 0 Å². The SMILES string of the molecule is O=C(O)C1C2CCCC2CN1c1cc(Cl)ccc1[N+](=O)[O-]. The Morgan fingerprint density at radius 1 is 1.43 bits per heavy atom. The Morgan fingerprint density at radius 3 is 2.86 bits per heavy atom. The molecular weight excluding hydrogens is 296 g/mol. The van der Waals surface area contributed by atoms with Crippen LogP contribution in [0, 0.1) is 22.0 Å². The average molecular weight is 311 g/mol. The van der Waals surface area contributed by atoms with Gasteiger partial charge in [-0.2, -0.15) is 0 Å². The molecule has 0 spiro atoms. The van der Waals surface area contributed by atoms with Crippen molar-refractivity contribution in [3.8, 4) is 0 Å². The first kappa shape index (κ1) is 14.1. The first-order valence-corrected chi connectivity index (χ1v) is 7.30. The van der Waals surface area contributed by atoms with Gasteiger partial charge in [0.15, 0.2) is 0 Å². The van der Waals surface area contributed by atoms with Crippen LogP contribution in [0.4, 0.5) is 11.4 Å². The van der Waals surface area contributed by atoms with Gasteiger partial charge in [-0.05, 0) is 36.8 Å². The lowest BCUT2D eigenvalue weighted by Gasteiger charge is -2.26. The molecule has 0 amide bonds. The molecular formula is C14H15ClN2O4. The zero-order valence-electron chi connectivity index (χ0n) is 11.2. The molecule has 0 bridgehead atoms. The molecule has 112 valence electrons. The van der Waals surface area contributed by atoms with Crippen molar-refractivity contribution in [2.24, 2.45) is 11.8 Å². The number of nitro benzene ring substituents is 1. The molecule has 1 aromatic rings. The topological polar surface area (TPSA) is 83.7 Å². The first-order valence-electron chi connectivity index (χ1n) is 6.92. The van der Waals surface area contributed by atoms with Gasteiger partial charge in [0.05, 0.1) is 4.92 Å². The molecule has 21 heavy (non-hydrogen) atoms. The molecule has 1 aliphatic heterocycles. The van der Waals surface area contributed by atoms with Gasteiger partial charge in [0.25, 0.3) is 5.69 Å². The van der Waals surface area contributed by atoms with Crippen LogP contribution in [0.5, 0.6) is 0 Å². The molecule has 7 heteroatoms. The lowest BCUT2D eigenvalue weighted by Crippen LogP contribution is -2.40. The van der Waals surface area contributed by atoms with Gasteiger partial charge < -0.3 is 10.0 Å². The molecule has 2 fully saturated rings. The Hall–Kier alpha value is -1.82. The second-order valence-electron chi connectivity index (χ2n) is 5.68. The normalized spacial score (nSPS) is 27.7. The van der Waals surface area contributed by atoms with Gasteiger partial charge in [-0.25, -0.2) is 4.79 Å². The Labute approximate surface area is 126 Å². The predicted octanol–water partition coefficient (Wildman–Crippen LogP) is 2.94. The maximum atomic E-state index is 11.6. The quantitative estimate of drug-likeness (QED) is 0.685. The van der Waals surface area contributed by atoms with Gasteiger partial charge in [0.2, 0.25) is 0 Å². The van der Waals surface area contributed by atoms with E-state index in [1.807, 2.05) is 0 Å². The summed E-state index contributed by atoms with van der Waals surface area (Å²) in [6, 6.07) is 3.59. The number of rotatable bonds is 3. The second-order valence-corrected chi connectivity index (χ2v) is 6.12. The minimum Gasteiger partial charge on any atom is -0.480 e. The molecule has 1 N–H and O–H groups in total. The van der Waals surface area contributed by atoms with Crippen molar-refractivity contribution in [1.29, 1.82) is 0 Å². The number of carboxylic acid groups (broad SMARTS) is 1. The number of anilines is 1. The van der Waals surface area contributed by atoms with Crippen molar-refractivity contribution in [1.82, 2.24) is 0 Å². The minimum absolute atomic E-state index is 0.0704. The van der Waals surface area contributed by atoms with Crippen molar-refractivity contribution in [3.05, 3.63) is 33.3 Å². The molecule has 1 aromatic carbocycles. The molecule has 2 aliphatic rings. The highest BCUT2D eigenvalue weighted by Gasteiger charge is 2.49. The molecule has 1 heterocycles. The van der Waals surface area contributed by atoms with Crippen LogP contribution < -0.4 is 4.90 Å². The summed E-state index contributed by atoms with van der Waals surface area (Å²) in [5.74, 6) is -0.551. The van der Waals surface area contributed by atoms with E-state index in [2.05, 4.69) is 0 Å². The Balaban J connectivity index is 2.05. The van der Waals surface area contributed by atoms with Crippen molar-refractivity contribution in [2.75, 3.05) is 11.4 Å². The summed E-state index contributed by atoms with van der Waals surface area (Å²) >= 11 is 5.95. The summed E-state index contributed by atoms with van der Waals surface area (Å²) in [7, 11) is 0. The molecule has 0 aromatic heterocycles. The zero-order chi connectivity index (χ0) is 15.1. The maximum absolute atomic E-state index is 11.6. The largest absolute Gasteiger partial charge is 0.480 e. The summed E-state index contributed by atoms with van der Waals surface area (Å²) < 4.78 is 0. The summed E-state index contributed by atoms with van der Waals surface area (Å²) in [6.45, 7) is 0.544. The molecule has 1 saturated heterocycles. The fourth-order valence-electron chi connectivity index (χ4n) is 3.75. The van der Waals surface area contributed by atoms with Crippen LogP contribution in [0.1, 0.15) is 19.3 Å². The van der Waals surface area contributed by atoms with Crippen LogP contribution in [-0.2, 0) is 4.79 Å². The van der Waals surface area contributed by atoms with Crippen LogP contribution in [0.25, 0.3) is 0 Å². The van der Waals surface area contributed by atoms with Crippen molar-refractivity contribution < 1.29 is 14.8 Å². The van der Waals surface area contributed by atoms with Crippen LogP contribution >= 0.6 is 11.6 Å². The predicted molar refractivity (Wildman–Crippen MR) is 77.7 cm³/mol. The van der Waals surface area contributed by atoms with E-state index in [9.17, 15) is 20.0 Å². The highest BCUT2D eigenvalue weighted by molar-refractivity contribution is 6.31. The van der Waals surface area contributed by atoms with Gasteiger partial charge in [0, 0.05) is 17.6 Å². The third-order valence-corrected chi connectivity index (χ3v) is 4.82. The number of carbonyl (C=O) groups is 1. The number of hydrogen-bond acceptors (Lipinski definition) is 4. The van der Waals surface area contributed by atoms with Gasteiger partial charge in [-0.1, -0.05) is 18.0 Å². The van der Waals surface area contributed by atoms with E-state index in [-0.39, 0.29) is 11.6 Å². The Morgan fingerprint density at radius 2 is 2.19 bits per heavy atom. The number of aliphatic carboxylic acids is 1. The van der Waals surface area contributed by atoms with E-state index in [0.717, 1.165) is 19.3 Å². The van der Waals surface area contributed by atoms with Crippen molar-refractivity contribution in [3.63, 3.8) is 0 Å². The number of fused-ring (bicyclic) bond motifs is 1. The van der Waals surface area contributed by atoms with Gasteiger partial charge >= 0.3 is 5.97 Å². The van der Waals surface area contributed by atoms with Gasteiger partial charge in [-0.3, -0.25) is 10.1 Å². The van der Waals surface area contributed by atoms with Crippen LogP contribution in [-0.4, -0.2) is 28.6 Å². The highest BCUT2D eigenvalue weighted by atomic mass is 35.5. The standard InChI is InChI=1S/C14H15ClN2O4/c15-9-4-5-11(17(20)21)12(6-9)16-7-8-2-1-3-10(8)13(16)14(18)19/h4-6,8,10,13H,1-3,7H2,(H,18,19). The highest BCUT2D eigenvalue weighted by Crippen LogP contribution is 2.46. The number of halogens is 1. The number of benzene rings is 1. The molecule has 6 nitrogen and oxygen atoms in total. The Kier molecular flexibility index (Phi) is 3.49. The number of nitrogens with zero attached hydrogens (tertiary/aromatic N) is 2. The van der Waals surface area contributed by atoms with Crippen molar-refractivity contribution >= 4 is 28.9 Å². The number of nitro groups is 1. The molecule has 3 atom stereocenters. The fourth-order valence-corrected chi connectivity index (χ4v) is 3.92. The number of hydrogen-bond donors (Lipinski definition) is 1. The molecule has 0 radical (unpaired) electrons. The van der Waals surface area contributed by atoms with Gasteiger partial charge in [0.1, 0.15) is 11.7 Å². The Bertz CT molecular complexity index is 607. The summed E-state index contributed by atoms with van der Waals surface area (Å²) in [5, 5.41) is 21.1. The van der Waals surface area contributed by atoms with E-state index in [0.29, 0.717) is 23.2 Å². The zero-order valence-corrected chi connectivity index (χ0v) is 12.0. The summed E-state index contributed by atoms with van der Waals surface area (Å²) in [5.41, 5.74) is 0.222. The summed E-state index contributed by atoms with van der Waals surface area (Å²) in [4.78, 5) is 24.0. The van der Waals surface area contributed by atoms with Crippen LogP contribution in [0.2, 0.25) is 5.02 Å². The fraction of sp³-hybridized carbons (Fsp3) is 0.500. The molecule has 3 rings (SSSR count). The maximum Gasteiger partial charge on any atom is 0.326 e. The third-order valence-electron chi connectivity index (χ3n) is 4.59. The van der Waals surface area contributed by atoms with E-state index in [4.69, 9.17) is 11.6 Å². The molecule has 1 saturated carbocycles. The smallest absolute Gasteiger partial charge is 0.326 e. The molecule has 1 aliphatic carbocycles. The minimum atomic E-state index is -0.918. The van der Waals surface area contributed by atoms with Crippen LogP contribution in [0.3, 0.4) is 0 Å². The van der Waals surface area contributed by atoms with E-state index in [1.54, 1.807) is 4.90 Å². The lowest BCUT2D eigenvalue weighted by atomic mass is 9.94. The average Bonchev–Trinajstić information content (AvgIpc) is 2.96. The lowest BCUT2D eigenvalue weighted by molar-refractivity contribution is -0.384. The first-order chi connectivity index (χ1) is 9.99. The third kappa shape index (κ3) is 2.33. The van der Waals surface area contributed by atoms with E-state index < -0.39 is 16.9 Å².